The molecule has 1 aromatic carbocycles. The molecule has 1 aliphatic heterocycles. The molecule has 2 N–H and O–H groups in total. The van der Waals surface area contributed by atoms with Crippen LogP contribution >= 0.6 is 0 Å². The Kier molecular flexibility index (Phi) is 4.38. The SMILES string of the molecule is NS(=O)(=O)c1cc(F)ccc1OCC1CCCCO1. The van der Waals surface area contributed by atoms with Crippen molar-refractivity contribution >= 4 is 10.0 Å². The molecule has 106 valence electrons. The van der Waals surface area contributed by atoms with E-state index >= 15 is 0 Å². The van der Waals surface area contributed by atoms with Crippen molar-refractivity contribution < 1.29 is 22.3 Å². The first-order valence-electron chi connectivity index (χ1n) is 6.03. The Morgan fingerprint density at radius 3 is 2.84 bits per heavy atom. The third kappa shape index (κ3) is 3.89. The second kappa shape index (κ2) is 5.85. The Morgan fingerprint density at radius 1 is 1.42 bits per heavy atom. The van der Waals surface area contributed by atoms with Crippen molar-refractivity contribution in [3.05, 3.63) is 24.0 Å². The lowest BCUT2D eigenvalue weighted by molar-refractivity contribution is -0.0116. The smallest absolute Gasteiger partial charge is 0.241 e. The van der Waals surface area contributed by atoms with E-state index in [0.29, 0.717) is 6.61 Å². The summed E-state index contributed by atoms with van der Waals surface area (Å²) in [4.78, 5) is -0.344. The summed E-state index contributed by atoms with van der Waals surface area (Å²) in [6.07, 6.45) is 2.88. The van der Waals surface area contributed by atoms with Crippen molar-refractivity contribution in [2.75, 3.05) is 13.2 Å². The molecule has 1 saturated heterocycles. The van der Waals surface area contributed by atoms with Crippen molar-refractivity contribution in [3.8, 4) is 5.75 Å². The number of halogens is 1. The molecule has 1 fully saturated rings. The first kappa shape index (κ1) is 14.2. The van der Waals surface area contributed by atoms with Gasteiger partial charge in [-0.15, -0.1) is 0 Å². The molecule has 1 aliphatic rings. The lowest BCUT2D eigenvalue weighted by atomic mass is 10.1. The fourth-order valence-electron chi connectivity index (χ4n) is 1.95. The summed E-state index contributed by atoms with van der Waals surface area (Å²) in [6.45, 7) is 0.910. The molecule has 0 aliphatic carbocycles. The van der Waals surface area contributed by atoms with Crippen molar-refractivity contribution in [2.45, 2.75) is 30.3 Å². The molecule has 0 bridgehead atoms. The van der Waals surface area contributed by atoms with E-state index in [1.165, 1.54) is 6.07 Å². The number of rotatable bonds is 4. The number of primary sulfonamides is 1. The summed E-state index contributed by atoms with van der Waals surface area (Å²) < 4.78 is 46.7. The predicted molar refractivity (Wildman–Crippen MR) is 66.9 cm³/mol. The van der Waals surface area contributed by atoms with Gasteiger partial charge in [-0.05, 0) is 37.5 Å². The molecule has 1 aromatic rings. The van der Waals surface area contributed by atoms with Gasteiger partial charge in [0.15, 0.2) is 0 Å². The highest BCUT2D eigenvalue weighted by molar-refractivity contribution is 7.89. The molecule has 5 nitrogen and oxygen atoms in total. The molecule has 0 saturated carbocycles. The summed E-state index contributed by atoms with van der Waals surface area (Å²) in [5, 5.41) is 5.03. The molecular weight excluding hydrogens is 273 g/mol. The van der Waals surface area contributed by atoms with E-state index in [1.54, 1.807) is 0 Å². The lowest BCUT2D eigenvalue weighted by Crippen LogP contribution is -2.26. The predicted octanol–water partition coefficient (Wildman–Crippen LogP) is 1.42. The van der Waals surface area contributed by atoms with Gasteiger partial charge in [-0.3, -0.25) is 0 Å². The molecule has 19 heavy (non-hydrogen) atoms. The lowest BCUT2D eigenvalue weighted by Gasteiger charge is -2.23. The van der Waals surface area contributed by atoms with Gasteiger partial charge in [-0.1, -0.05) is 0 Å². The van der Waals surface area contributed by atoms with Crippen LogP contribution in [0.2, 0.25) is 0 Å². The minimum atomic E-state index is -4.01. The quantitative estimate of drug-likeness (QED) is 0.909. The summed E-state index contributed by atoms with van der Waals surface area (Å²) in [5.74, 6) is -0.622. The van der Waals surface area contributed by atoms with Gasteiger partial charge in [0.1, 0.15) is 23.1 Å². The number of ether oxygens (including phenoxy) is 2. The van der Waals surface area contributed by atoms with Crippen LogP contribution in [0.25, 0.3) is 0 Å². The number of nitrogens with two attached hydrogens (primary N) is 1. The Hall–Kier alpha value is -1.18. The maximum Gasteiger partial charge on any atom is 0.241 e. The Balaban J connectivity index is 2.11. The van der Waals surface area contributed by atoms with Gasteiger partial charge in [0.25, 0.3) is 0 Å². The zero-order valence-corrected chi connectivity index (χ0v) is 11.2. The Bertz CT molecular complexity index is 541. The number of hydrogen-bond acceptors (Lipinski definition) is 4. The highest BCUT2D eigenvalue weighted by Gasteiger charge is 2.19. The van der Waals surface area contributed by atoms with Crippen LogP contribution in [0.4, 0.5) is 4.39 Å². The van der Waals surface area contributed by atoms with E-state index in [0.717, 1.165) is 31.4 Å². The van der Waals surface area contributed by atoms with Gasteiger partial charge in [-0.25, -0.2) is 17.9 Å². The highest BCUT2D eigenvalue weighted by Crippen LogP contribution is 2.24. The van der Waals surface area contributed by atoms with Crippen LogP contribution in [-0.4, -0.2) is 27.7 Å². The van der Waals surface area contributed by atoms with Crippen LogP contribution in [0.15, 0.2) is 23.1 Å². The van der Waals surface area contributed by atoms with E-state index in [-0.39, 0.29) is 23.4 Å². The standard InChI is InChI=1S/C12H16FNO4S/c13-9-4-5-11(12(7-9)19(14,15)16)18-8-10-3-1-2-6-17-10/h4-5,7,10H,1-3,6,8H2,(H2,14,15,16). The number of benzene rings is 1. The Morgan fingerprint density at radius 2 is 2.21 bits per heavy atom. The van der Waals surface area contributed by atoms with Crippen molar-refractivity contribution in [3.63, 3.8) is 0 Å². The van der Waals surface area contributed by atoms with Crippen LogP contribution < -0.4 is 9.88 Å². The Labute approximate surface area is 111 Å². The molecule has 0 aromatic heterocycles. The van der Waals surface area contributed by atoms with Crippen LogP contribution in [0, 0.1) is 5.82 Å². The molecule has 2 rings (SSSR count). The van der Waals surface area contributed by atoms with Gasteiger partial charge in [0.2, 0.25) is 10.0 Å². The molecule has 1 unspecified atom stereocenters. The topological polar surface area (TPSA) is 78.6 Å². The molecule has 7 heteroatoms. The summed E-state index contributed by atoms with van der Waals surface area (Å²) in [7, 11) is -4.01. The second-order valence-corrected chi connectivity index (χ2v) is 5.97. The van der Waals surface area contributed by atoms with Crippen molar-refractivity contribution in [1.82, 2.24) is 0 Å². The van der Waals surface area contributed by atoms with Crippen LogP contribution in [0.1, 0.15) is 19.3 Å². The third-order valence-electron chi connectivity index (χ3n) is 2.91. The average molecular weight is 289 g/mol. The molecule has 1 atom stereocenters. The first-order valence-corrected chi connectivity index (χ1v) is 7.58. The normalized spacial score (nSPS) is 20.2. The van der Waals surface area contributed by atoms with Gasteiger partial charge in [0.05, 0.1) is 6.10 Å². The van der Waals surface area contributed by atoms with E-state index in [4.69, 9.17) is 14.6 Å². The summed E-state index contributed by atoms with van der Waals surface area (Å²) in [5.41, 5.74) is 0. The molecule has 0 spiro atoms. The third-order valence-corrected chi connectivity index (χ3v) is 3.84. The van der Waals surface area contributed by atoms with E-state index in [9.17, 15) is 12.8 Å². The zero-order valence-electron chi connectivity index (χ0n) is 10.3. The average Bonchev–Trinajstić information content (AvgIpc) is 2.37. The van der Waals surface area contributed by atoms with Crippen LogP contribution in [0.3, 0.4) is 0 Å². The molecule has 0 radical (unpaired) electrons. The monoisotopic (exact) mass is 289 g/mol. The van der Waals surface area contributed by atoms with Crippen LogP contribution in [-0.2, 0) is 14.8 Å². The maximum absolute atomic E-state index is 13.1. The fraction of sp³-hybridized carbons (Fsp3) is 0.500. The van der Waals surface area contributed by atoms with E-state index in [1.807, 2.05) is 0 Å². The fourth-order valence-corrected chi connectivity index (χ4v) is 2.63. The highest BCUT2D eigenvalue weighted by atomic mass is 32.2. The number of hydrogen-bond donors (Lipinski definition) is 1. The first-order chi connectivity index (χ1) is 8.97. The largest absolute Gasteiger partial charge is 0.489 e. The van der Waals surface area contributed by atoms with Crippen molar-refractivity contribution in [2.24, 2.45) is 5.14 Å². The van der Waals surface area contributed by atoms with Gasteiger partial charge < -0.3 is 9.47 Å². The maximum atomic E-state index is 13.1. The van der Waals surface area contributed by atoms with E-state index in [2.05, 4.69) is 0 Å². The summed E-state index contributed by atoms with van der Waals surface area (Å²) in [6, 6.07) is 3.25. The zero-order chi connectivity index (χ0) is 13.9. The molecule has 0 amide bonds. The molecule has 1 heterocycles. The second-order valence-electron chi connectivity index (χ2n) is 4.44. The van der Waals surface area contributed by atoms with Crippen LogP contribution in [0.5, 0.6) is 5.75 Å². The number of sulfonamides is 1. The summed E-state index contributed by atoms with van der Waals surface area (Å²) >= 11 is 0. The van der Waals surface area contributed by atoms with E-state index < -0.39 is 15.8 Å². The minimum absolute atomic E-state index is 0.0538. The van der Waals surface area contributed by atoms with Crippen molar-refractivity contribution in [1.29, 1.82) is 0 Å². The van der Waals surface area contributed by atoms with Gasteiger partial charge in [-0.2, -0.15) is 0 Å². The van der Waals surface area contributed by atoms with Gasteiger partial charge >= 0.3 is 0 Å². The van der Waals surface area contributed by atoms with Gasteiger partial charge in [0, 0.05) is 6.61 Å². The minimum Gasteiger partial charge on any atom is -0.489 e. The molecular formula is C12H16FNO4S.